The van der Waals surface area contributed by atoms with E-state index in [0.717, 1.165) is 24.9 Å². The van der Waals surface area contributed by atoms with Gasteiger partial charge < -0.3 is 16.8 Å². The third-order valence-corrected chi connectivity index (χ3v) is 3.41. The second-order valence-electron chi connectivity index (χ2n) is 4.92. The fourth-order valence-corrected chi connectivity index (χ4v) is 2.43. The first-order chi connectivity index (χ1) is 9.08. The van der Waals surface area contributed by atoms with Crippen molar-refractivity contribution in [1.82, 2.24) is 0 Å². The van der Waals surface area contributed by atoms with Gasteiger partial charge in [-0.1, -0.05) is 12.1 Å². The number of carbonyl (C=O) groups is 2. The number of nitrogens with two attached hydrogens (primary N) is 2. The highest BCUT2D eigenvalue weighted by atomic mass is 16.2. The quantitative estimate of drug-likeness (QED) is 0.744. The van der Waals surface area contributed by atoms with E-state index in [-0.39, 0.29) is 12.3 Å². The molecule has 1 aliphatic rings. The Bertz CT molecular complexity index is 499. The molecule has 5 heteroatoms. The van der Waals surface area contributed by atoms with Crippen molar-refractivity contribution < 1.29 is 9.59 Å². The average Bonchev–Trinajstić information content (AvgIpc) is 2.38. The molecule has 0 aliphatic heterocycles. The SMILES string of the molecule is NC(=O)CC(N)C(=O)Nc1cccc2c1CCCC2. The van der Waals surface area contributed by atoms with Gasteiger partial charge in [-0.05, 0) is 42.9 Å². The average molecular weight is 261 g/mol. The Morgan fingerprint density at radius 2 is 2.00 bits per heavy atom. The highest BCUT2D eigenvalue weighted by Gasteiger charge is 2.19. The zero-order chi connectivity index (χ0) is 13.8. The molecule has 0 radical (unpaired) electrons. The number of anilines is 1. The Morgan fingerprint density at radius 1 is 1.26 bits per heavy atom. The van der Waals surface area contributed by atoms with Gasteiger partial charge in [0.2, 0.25) is 11.8 Å². The first kappa shape index (κ1) is 13.5. The van der Waals surface area contributed by atoms with Crippen LogP contribution in [0, 0.1) is 0 Å². The molecule has 0 aromatic heterocycles. The van der Waals surface area contributed by atoms with E-state index in [0.29, 0.717) is 0 Å². The van der Waals surface area contributed by atoms with Crippen LogP contribution in [-0.2, 0) is 22.4 Å². The molecular weight excluding hydrogens is 242 g/mol. The lowest BCUT2D eigenvalue weighted by atomic mass is 9.90. The van der Waals surface area contributed by atoms with Crippen molar-refractivity contribution >= 4 is 17.5 Å². The molecule has 1 unspecified atom stereocenters. The van der Waals surface area contributed by atoms with Gasteiger partial charge in [0.25, 0.3) is 0 Å². The van der Waals surface area contributed by atoms with Crippen LogP contribution in [0.4, 0.5) is 5.69 Å². The highest BCUT2D eigenvalue weighted by Crippen LogP contribution is 2.27. The maximum atomic E-state index is 11.9. The summed E-state index contributed by atoms with van der Waals surface area (Å²) in [6.07, 6.45) is 4.20. The van der Waals surface area contributed by atoms with Crippen molar-refractivity contribution in [1.29, 1.82) is 0 Å². The lowest BCUT2D eigenvalue weighted by Gasteiger charge is -2.20. The molecule has 5 N–H and O–H groups in total. The van der Waals surface area contributed by atoms with Crippen molar-refractivity contribution in [3.63, 3.8) is 0 Å². The molecule has 1 aliphatic carbocycles. The molecule has 0 spiro atoms. The number of aryl methyl sites for hydroxylation is 1. The lowest BCUT2D eigenvalue weighted by Crippen LogP contribution is -2.39. The normalized spacial score (nSPS) is 15.4. The first-order valence-electron chi connectivity index (χ1n) is 6.53. The van der Waals surface area contributed by atoms with Crippen LogP contribution in [0.1, 0.15) is 30.4 Å². The molecule has 19 heavy (non-hydrogen) atoms. The second kappa shape index (κ2) is 5.84. The van der Waals surface area contributed by atoms with Crippen LogP contribution in [0.3, 0.4) is 0 Å². The molecule has 1 aromatic carbocycles. The van der Waals surface area contributed by atoms with Crippen molar-refractivity contribution in [2.24, 2.45) is 11.5 Å². The lowest BCUT2D eigenvalue weighted by molar-refractivity contribution is -0.123. The molecule has 1 aromatic rings. The minimum atomic E-state index is -0.892. The van der Waals surface area contributed by atoms with Gasteiger partial charge in [-0.2, -0.15) is 0 Å². The molecule has 0 bridgehead atoms. The molecule has 2 rings (SSSR count). The van der Waals surface area contributed by atoms with Gasteiger partial charge in [0, 0.05) is 5.69 Å². The summed E-state index contributed by atoms with van der Waals surface area (Å²) in [7, 11) is 0. The standard InChI is InChI=1S/C14H19N3O2/c15-11(8-13(16)18)14(19)17-12-7-3-5-9-4-1-2-6-10(9)12/h3,5,7,11H,1-2,4,6,8,15H2,(H2,16,18)(H,17,19). The number of hydrogen-bond acceptors (Lipinski definition) is 3. The Hall–Kier alpha value is -1.88. The Kier molecular flexibility index (Phi) is 4.16. The summed E-state index contributed by atoms with van der Waals surface area (Å²) >= 11 is 0. The van der Waals surface area contributed by atoms with E-state index in [1.165, 1.54) is 17.5 Å². The predicted octanol–water partition coefficient (Wildman–Crippen LogP) is 0.707. The van der Waals surface area contributed by atoms with Gasteiger partial charge in [0.1, 0.15) is 0 Å². The maximum absolute atomic E-state index is 11.9. The van der Waals surface area contributed by atoms with E-state index in [9.17, 15) is 9.59 Å². The van der Waals surface area contributed by atoms with Crippen molar-refractivity contribution in [2.75, 3.05) is 5.32 Å². The number of carbonyl (C=O) groups excluding carboxylic acids is 2. The van der Waals surface area contributed by atoms with Gasteiger partial charge in [-0.25, -0.2) is 0 Å². The van der Waals surface area contributed by atoms with Crippen molar-refractivity contribution in [3.05, 3.63) is 29.3 Å². The molecular formula is C14H19N3O2. The van der Waals surface area contributed by atoms with Crippen molar-refractivity contribution in [3.8, 4) is 0 Å². The Morgan fingerprint density at radius 3 is 2.74 bits per heavy atom. The van der Waals surface area contributed by atoms with E-state index in [4.69, 9.17) is 11.5 Å². The summed E-state index contributed by atoms with van der Waals surface area (Å²) in [6.45, 7) is 0. The van der Waals surface area contributed by atoms with Gasteiger partial charge in [-0.3, -0.25) is 9.59 Å². The van der Waals surface area contributed by atoms with Crippen LogP contribution in [0.15, 0.2) is 18.2 Å². The van der Waals surface area contributed by atoms with Crippen LogP contribution >= 0.6 is 0 Å². The van der Waals surface area contributed by atoms with Crippen LogP contribution in [0.25, 0.3) is 0 Å². The molecule has 2 amide bonds. The number of hydrogen-bond donors (Lipinski definition) is 3. The number of amides is 2. The summed E-state index contributed by atoms with van der Waals surface area (Å²) in [5, 5.41) is 2.80. The van der Waals surface area contributed by atoms with Gasteiger partial charge >= 0.3 is 0 Å². The van der Waals surface area contributed by atoms with E-state index >= 15 is 0 Å². The zero-order valence-electron chi connectivity index (χ0n) is 10.8. The monoisotopic (exact) mass is 261 g/mol. The summed E-state index contributed by atoms with van der Waals surface area (Å²) < 4.78 is 0. The molecule has 102 valence electrons. The summed E-state index contributed by atoms with van der Waals surface area (Å²) in [5.41, 5.74) is 13.9. The predicted molar refractivity (Wildman–Crippen MR) is 73.5 cm³/mol. The van der Waals surface area contributed by atoms with E-state index in [1.54, 1.807) is 0 Å². The minimum Gasteiger partial charge on any atom is -0.370 e. The topological polar surface area (TPSA) is 98.2 Å². The number of rotatable bonds is 4. The van der Waals surface area contributed by atoms with E-state index < -0.39 is 11.9 Å². The van der Waals surface area contributed by atoms with E-state index in [2.05, 4.69) is 11.4 Å². The number of primary amides is 1. The summed E-state index contributed by atoms with van der Waals surface area (Å²) in [5.74, 6) is -0.935. The molecule has 0 saturated heterocycles. The summed E-state index contributed by atoms with van der Waals surface area (Å²) in [4.78, 5) is 22.7. The summed E-state index contributed by atoms with van der Waals surface area (Å²) in [6, 6.07) is 5.00. The van der Waals surface area contributed by atoms with E-state index in [1.807, 2.05) is 12.1 Å². The molecule has 5 nitrogen and oxygen atoms in total. The molecule has 0 heterocycles. The van der Waals surface area contributed by atoms with Gasteiger partial charge in [-0.15, -0.1) is 0 Å². The third-order valence-electron chi connectivity index (χ3n) is 3.41. The van der Waals surface area contributed by atoms with Gasteiger partial charge in [0.15, 0.2) is 0 Å². The largest absolute Gasteiger partial charge is 0.370 e. The highest BCUT2D eigenvalue weighted by molar-refractivity contribution is 5.97. The van der Waals surface area contributed by atoms with Crippen LogP contribution in [-0.4, -0.2) is 17.9 Å². The van der Waals surface area contributed by atoms with Crippen LogP contribution < -0.4 is 16.8 Å². The molecule has 1 atom stereocenters. The first-order valence-corrected chi connectivity index (χ1v) is 6.53. The Labute approximate surface area is 112 Å². The minimum absolute atomic E-state index is 0.138. The number of nitrogens with one attached hydrogen (secondary N) is 1. The molecule has 0 saturated carbocycles. The third kappa shape index (κ3) is 3.32. The fraction of sp³-hybridized carbons (Fsp3) is 0.429. The zero-order valence-corrected chi connectivity index (χ0v) is 10.8. The number of benzene rings is 1. The Balaban J connectivity index is 2.11. The van der Waals surface area contributed by atoms with Crippen LogP contribution in [0.5, 0.6) is 0 Å². The molecule has 0 fully saturated rings. The van der Waals surface area contributed by atoms with Gasteiger partial charge in [0.05, 0.1) is 12.5 Å². The maximum Gasteiger partial charge on any atom is 0.241 e. The number of fused-ring (bicyclic) bond motifs is 1. The van der Waals surface area contributed by atoms with Crippen molar-refractivity contribution in [2.45, 2.75) is 38.1 Å². The van der Waals surface area contributed by atoms with Crippen LogP contribution in [0.2, 0.25) is 0 Å². The second-order valence-corrected chi connectivity index (χ2v) is 4.92. The smallest absolute Gasteiger partial charge is 0.241 e. The fourth-order valence-electron chi connectivity index (χ4n) is 2.43.